The normalized spacial score (nSPS) is 23.2. The van der Waals surface area contributed by atoms with Crippen LogP contribution in [0.1, 0.15) is 35.2 Å². The number of hydrogen-bond donors (Lipinski definition) is 0. The lowest BCUT2D eigenvalue weighted by molar-refractivity contribution is -0.134. The number of piperidine rings is 1. The molecule has 158 valence electrons. The minimum Gasteiger partial charge on any atom is -0.493 e. The number of carbonyl (C=O) groups is 2. The van der Waals surface area contributed by atoms with Crippen LogP contribution in [0.2, 0.25) is 0 Å². The first-order chi connectivity index (χ1) is 14.5. The van der Waals surface area contributed by atoms with Gasteiger partial charge in [-0.1, -0.05) is 36.4 Å². The lowest BCUT2D eigenvalue weighted by Crippen LogP contribution is -2.39. The van der Waals surface area contributed by atoms with Gasteiger partial charge in [0, 0.05) is 45.1 Å². The number of benzene rings is 2. The van der Waals surface area contributed by atoms with Crippen molar-refractivity contribution < 1.29 is 14.3 Å². The number of rotatable bonds is 6. The quantitative estimate of drug-likeness (QED) is 0.736. The van der Waals surface area contributed by atoms with Crippen molar-refractivity contribution in [3.63, 3.8) is 0 Å². The lowest BCUT2D eigenvalue weighted by Gasteiger charge is -2.31. The summed E-state index contributed by atoms with van der Waals surface area (Å²) >= 11 is 0. The van der Waals surface area contributed by atoms with Crippen LogP contribution in [0, 0.1) is 11.8 Å². The Morgan fingerprint density at radius 1 is 1.10 bits per heavy atom. The Morgan fingerprint density at radius 3 is 2.67 bits per heavy atom. The van der Waals surface area contributed by atoms with Crippen molar-refractivity contribution in [1.29, 1.82) is 0 Å². The van der Waals surface area contributed by atoms with E-state index in [0.717, 1.165) is 31.6 Å². The smallest absolute Gasteiger partial charge is 0.253 e. The number of fused-ring (bicyclic) bond motifs is 1. The van der Waals surface area contributed by atoms with E-state index in [1.165, 1.54) is 5.56 Å². The summed E-state index contributed by atoms with van der Waals surface area (Å²) < 4.78 is 5.89. The third kappa shape index (κ3) is 4.50. The number of amides is 2. The molecule has 30 heavy (non-hydrogen) atoms. The Bertz CT molecular complexity index is 898. The van der Waals surface area contributed by atoms with Crippen molar-refractivity contribution in [2.45, 2.75) is 31.7 Å². The molecule has 2 aromatic rings. The molecular formula is C25H30N2O3. The minimum absolute atomic E-state index is 0.0202. The Balaban J connectivity index is 1.35. The molecule has 0 N–H and O–H groups in total. The molecule has 2 amide bonds. The zero-order valence-corrected chi connectivity index (χ0v) is 17.8. The van der Waals surface area contributed by atoms with E-state index in [1.807, 2.05) is 66.4 Å². The maximum atomic E-state index is 13.1. The van der Waals surface area contributed by atoms with Gasteiger partial charge in [-0.25, -0.2) is 0 Å². The Labute approximate surface area is 178 Å². The van der Waals surface area contributed by atoms with Gasteiger partial charge in [0.1, 0.15) is 5.75 Å². The molecule has 5 heteroatoms. The molecule has 0 unspecified atom stereocenters. The van der Waals surface area contributed by atoms with E-state index in [9.17, 15) is 9.59 Å². The van der Waals surface area contributed by atoms with Crippen LogP contribution in [0.3, 0.4) is 0 Å². The zero-order valence-electron chi connectivity index (χ0n) is 17.8. The largest absolute Gasteiger partial charge is 0.493 e. The molecule has 1 saturated heterocycles. The van der Waals surface area contributed by atoms with Gasteiger partial charge in [-0.2, -0.15) is 0 Å². The Hall–Kier alpha value is -2.82. The summed E-state index contributed by atoms with van der Waals surface area (Å²) in [5.74, 6) is 1.87. The summed E-state index contributed by atoms with van der Waals surface area (Å²) in [5.41, 5.74) is 1.88. The highest BCUT2D eigenvalue weighted by molar-refractivity contribution is 5.94. The first-order valence-electron chi connectivity index (χ1n) is 10.8. The van der Waals surface area contributed by atoms with Gasteiger partial charge < -0.3 is 14.5 Å². The van der Waals surface area contributed by atoms with Crippen molar-refractivity contribution in [3.8, 4) is 5.75 Å². The highest BCUT2D eigenvalue weighted by Crippen LogP contribution is 2.40. The van der Waals surface area contributed by atoms with E-state index in [2.05, 4.69) is 12.1 Å². The van der Waals surface area contributed by atoms with Crippen LogP contribution in [0.5, 0.6) is 5.75 Å². The molecule has 2 fully saturated rings. The lowest BCUT2D eigenvalue weighted by atomic mass is 9.88. The second kappa shape index (κ2) is 8.90. The molecule has 1 aliphatic carbocycles. The van der Waals surface area contributed by atoms with E-state index in [0.29, 0.717) is 30.4 Å². The van der Waals surface area contributed by atoms with Gasteiger partial charge in [-0.05, 0) is 48.4 Å². The summed E-state index contributed by atoms with van der Waals surface area (Å²) in [6, 6.07) is 17.9. The summed E-state index contributed by atoms with van der Waals surface area (Å²) in [4.78, 5) is 28.8. The van der Waals surface area contributed by atoms with E-state index in [4.69, 9.17) is 4.74 Å². The third-order valence-electron chi connectivity index (χ3n) is 6.64. The monoisotopic (exact) mass is 406 g/mol. The number of hydrogen-bond acceptors (Lipinski definition) is 3. The fraction of sp³-hybridized carbons (Fsp3) is 0.440. The summed E-state index contributed by atoms with van der Waals surface area (Å²) in [6.07, 6.45) is 3.33. The van der Waals surface area contributed by atoms with E-state index >= 15 is 0 Å². The molecule has 0 bridgehead atoms. The van der Waals surface area contributed by atoms with Crippen LogP contribution < -0.4 is 4.74 Å². The SMILES string of the molecule is CN1C[C@@H]2C[C@H](N(C)C(=O)c3cccc(OCCc4ccccc4)c3)C[C@@H]2CC1=O. The maximum absolute atomic E-state index is 13.1. The molecule has 5 nitrogen and oxygen atoms in total. The molecule has 0 aromatic heterocycles. The fourth-order valence-corrected chi connectivity index (χ4v) is 4.82. The number of ether oxygens (including phenoxy) is 1. The summed E-state index contributed by atoms with van der Waals surface area (Å²) in [7, 11) is 3.77. The predicted octanol–water partition coefficient (Wildman–Crippen LogP) is 3.64. The summed E-state index contributed by atoms with van der Waals surface area (Å²) in [6.45, 7) is 1.39. The predicted molar refractivity (Wildman–Crippen MR) is 116 cm³/mol. The number of likely N-dealkylation sites (tertiary alicyclic amines) is 1. The topological polar surface area (TPSA) is 49.9 Å². The molecule has 2 aromatic carbocycles. The second-order valence-corrected chi connectivity index (χ2v) is 8.65. The van der Waals surface area contributed by atoms with Crippen molar-refractivity contribution >= 4 is 11.8 Å². The first kappa shape index (κ1) is 20.5. The van der Waals surface area contributed by atoms with Gasteiger partial charge in [0.05, 0.1) is 6.61 Å². The van der Waals surface area contributed by atoms with Gasteiger partial charge in [0.15, 0.2) is 0 Å². The first-order valence-corrected chi connectivity index (χ1v) is 10.8. The van der Waals surface area contributed by atoms with E-state index in [-0.39, 0.29) is 17.9 Å². The van der Waals surface area contributed by atoms with Crippen LogP contribution in [0.25, 0.3) is 0 Å². The average Bonchev–Trinajstić information content (AvgIpc) is 3.16. The van der Waals surface area contributed by atoms with Gasteiger partial charge >= 0.3 is 0 Å². The van der Waals surface area contributed by atoms with Crippen LogP contribution in [0.15, 0.2) is 54.6 Å². The number of carbonyl (C=O) groups excluding carboxylic acids is 2. The highest BCUT2D eigenvalue weighted by atomic mass is 16.5. The molecule has 1 saturated carbocycles. The van der Waals surface area contributed by atoms with Crippen LogP contribution in [-0.2, 0) is 11.2 Å². The van der Waals surface area contributed by atoms with E-state index < -0.39 is 0 Å². The highest BCUT2D eigenvalue weighted by Gasteiger charge is 2.42. The molecule has 4 rings (SSSR count). The number of nitrogens with zero attached hydrogens (tertiary/aromatic N) is 2. The van der Waals surface area contributed by atoms with Gasteiger partial charge in [-0.3, -0.25) is 9.59 Å². The van der Waals surface area contributed by atoms with Crippen molar-refractivity contribution in [2.24, 2.45) is 11.8 Å². The molecule has 1 heterocycles. The Kier molecular flexibility index (Phi) is 6.07. The van der Waals surface area contributed by atoms with Crippen LogP contribution in [-0.4, -0.2) is 54.9 Å². The Morgan fingerprint density at radius 2 is 1.87 bits per heavy atom. The summed E-state index contributed by atoms with van der Waals surface area (Å²) in [5, 5.41) is 0. The van der Waals surface area contributed by atoms with Crippen molar-refractivity contribution in [3.05, 3.63) is 65.7 Å². The van der Waals surface area contributed by atoms with Gasteiger partial charge in [0.25, 0.3) is 5.91 Å². The standard InChI is InChI=1S/C25H30N2O3/c1-26-17-21-14-22(13-20(21)16-24(26)28)27(2)25(29)19-9-6-10-23(15-19)30-12-11-18-7-4-3-5-8-18/h3-10,15,20-22H,11-14,16-17H2,1-2H3/t20-,21+,22-/m1/s1. The minimum atomic E-state index is 0.0202. The van der Waals surface area contributed by atoms with Gasteiger partial charge in [0.2, 0.25) is 5.91 Å². The van der Waals surface area contributed by atoms with E-state index in [1.54, 1.807) is 0 Å². The molecule has 3 atom stereocenters. The van der Waals surface area contributed by atoms with Crippen molar-refractivity contribution in [2.75, 3.05) is 27.2 Å². The average molecular weight is 407 g/mol. The fourth-order valence-electron chi connectivity index (χ4n) is 4.82. The second-order valence-electron chi connectivity index (χ2n) is 8.65. The molecule has 2 aliphatic rings. The molecular weight excluding hydrogens is 376 g/mol. The van der Waals surface area contributed by atoms with Gasteiger partial charge in [-0.15, -0.1) is 0 Å². The van der Waals surface area contributed by atoms with Crippen LogP contribution >= 0.6 is 0 Å². The molecule has 0 spiro atoms. The maximum Gasteiger partial charge on any atom is 0.253 e. The third-order valence-corrected chi connectivity index (χ3v) is 6.64. The van der Waals surface area contributed by atoms with Crippen LogP contribution in [0.4, 0.5) is 0 Å². The molecule has 1 aliphatic heterocycles. The van der Waals surface area contributed by atoms with Crippen molar-refractivity contribution in [1.82, 2.24) is 9.80 Å². The zero-order chi connectivity index (χ0) is 21.1. The molecule has 0 radical (unpaired) electrons.